The molecule has 0 unspecified atom stereocenters. The smallest absolute Gasteiger partial charge is 0.414 e. The van der Waals surface area contributed by atoms with E-state index in [2.05, 4.69) is 22.9 Å². The van der Waals surface area contributed by atoms with Crippen molar-refractivity contribution in [1.29, 1.82) is 0 Å². The first-order chi connectivity index (χ1) is 8.79. The Morgan fingerprint density at radius 1 is 1.37 bits per heavy atom. The summed E-state index contributed by atoms with van der Waals surface area (Å²) in [4.78, 5) is 14.0. The van der Waals surface area contributed by atoms with E-state index >= 15 is 0 Å². The third-order valence-electron chi connectivity index (χ3n) is 3.22. The summed E-state index contributed by atoms with van der Waals surface area (Å²) in [5, 5.41) is 0. The monoisotopic (exact) mass is 325 g/mol. The molecule has 104 valence electrons. The van der Waals surface area contributed by atoms with Crippen molar-refractivity contribution in [3.8, 4) is 0 Å². The molecule has 2 rings (SSSR count). The predicted octanol–water partition coefficient (Wildman–Crippen LogP) is 4.45. The fourth-order valence-corrected chi connectivity index (χ4v) is 2.69. The second kappa shape index (κ2) is 5.16. The van der Waals surface area contributed by atoms with Crippen LogP contribution in [0, 0.1) is 6.92 Å². The molecule has 1 aliphatic rings. The van der Waals surface area contributed by atoms with Gasteiger partial charge in [-0.1, -0.05) is 15.9 Å². The molecule has 0 fully saturated rings. The van der Waals surface area contributed by atoms with E-state index in [9.17, 15) is 4.79 Å². The lowest BCUT2D eigenvalue weighted by Gasteiger charge is -2.32. The molecule has 3 nitrogen and oxygen atoms in total. The number of carbonyl (C=O) groups is 1. The summed E-state index contributed by atoms with van der Waals surface area (Å²) >= 11 is 3.55. The number of carbonyl (C=O) groups excluding carboxylic acids is 1. The van der Waals surface area contributed by atoms with Crippen LogP contribution in [0.4, 0.5) is 10.5 Å². The number of hydrogen-bond acceptors (Lipinski definition) is 2. The highest BCUT2D eigenvalue weighted by molar-refractivity contribution is 9.10. The zero-order valence-electron chi connectivity index (χ0n) is 11.9. The molecule has 0 saturated heterocycles. The van der Waals surface area contributed by atoms with Gasteiger partial charge in [-0.15, -0.1) is 0 Å². The molecule has 1 amide bonds. The highest BCUT2D eigenvalue weighted by Crippen LogP contribution is 2.34. The quantitative estimate of drug-likeness (QED) is 0.705. The number of nitrogens with zero attached hydrogens (tertiary/aromatic N) is 1. The van der Waals surface area contributed by atoms with Crippen LogP contribution in [0.5, 0.6) is 0 Å². The second-order valence-corrected chi connectivity index (χ2v) is 6.76. The van der Waals surface area contributed by atoms with Crippen LogP contribution in [0.1, 0.15) is 38.3 Å². The third kappa shape index (κ3) is 3.11. The molecule has 0 saturated carbocycles. The maximum absolute atomic E-state index is 12.3. The van der Waals surface area contributed by atoms with Gasteiger partial charge in [0.05, 0.1) is 5.69 Å². The van der Waals surface area contributed by atoms with E-state index in [0.29, 0.717) is 0 Å². The van der Waals surface area contributed by atoms with Crippen molar-refractivity contribution in [2.75, 3.05) is 11.4 Å². The summed E-state index contributed by atoms with van der Waals surface area (Å²) in [6.07, 6.45) is 1.74. The van der Waals surface area contributed by atoms with Crippen molar-refractivity contribution < 1.29 is 9.53 Å². The maximum atomic E-state index is 12.3. The van der Waals surface area contributed by atoms with Gasteiger partial charge >= 0.3 is 6.09 Å². The fourth-order valence-electron chi connectivity index (χ4n) is 2.32. The number of fused-ring (bicyclic) bond motifs is 1. The summed E-state index contributed by atoms with van der Waals surface area (Å²) < 4.78 is 6.57. The number of anilines is 1. The van der Waals surface area contributed by atoms with Gasteiger partial charge in [0.25, 0.3) is 0 Å². The molecule has 0 atom stereocenters. The van der Waals surface area contributed by atoms with Gasteiger partial charge < -0.3 is 4.74 Å². The van der Waals surface area contributed by atoms with Crippen LogP contribution in [0.25, 0.3) is 0 Å². The SMILES string of the molecule is Cc1c(Br)ccc2c1CCCN2C(=O)OC(C)(C)C. The fraction of sp³-hybridized carbons (Fsp3) is 0.533. The van der Waals surface area contributed by atoms with Crippen molar-refractivity contribution in [1.82, 2.24) is 0 Å². The molecule has 0 radical (unpaired) electrons. The van der Waals surface area contributed by atoms with Gasteiger partial charge in [-0.3, -0.25) is 4.90 Å². The molecular weight excluding hydrogens is 306 g/mol. The summed E-state index contributed by atoms with van der Waals surface area (Å²) in [5.41, 5.74) is 2.98. The average molecular weight is 326 g/mol. The van der Waals surface area contributed by atoms with Crippen LogP contribution in [0.2, 0.25) is 0 Å². The zero-order chi connectivity index (χ0) is 14.2. The molecule has 0 bridgehead atoms. The number of rotatable bonds is 0. The summed E-state index contributed by atoms with van der Waals surface area (Å²) in [6, 6.07) is 3.99. The Morgan fingerprint density at radius 2 is 2.05 bits per heavy atom. The van der Waals surface area contributed by atoms with Crippen LogP contribution in [0.15, 0.2) is 16.6 Å². The molecule has 1 aromatic carbocycles. The number of hydrogen-bond donors (Lipinski definition) is 0. The van der Waals surface area contributed by atoms with Crippen molar-refractivity contribution >= 4 is 27.7 Å². The van der Waals surface area contributed by atoms with Crippen LogP contribution in [0.3, 0.4) is 0 Å². The van der Waals surface area contributed by atoms with Gasteiger partial charge in [-0.05, 0) is 63.8 Å². The zero-order valence-corrected chi connectivity index (χ0v) is 13.5. The van der Waals surface area contributed by atoms with Gasteiger partial charge in [0.2, 0.25) is 0 Å². The maximum Gasteiger partial charge on any atom is 0.414 e. The standard InChI is InChI=1S/C15H20BrNO2/c1-10-11-6-5-9-17(13(11)8-7-12(10)16)14(18)19-15(2,3)4/h7-8H,5-6,9H2,1-4H3. The van der Waals surface area contributed by atoms with Gasteiger partial charge in [0.1, 0.15) is 5.60 Å². The molecule has 1 aromatic rings. The molecule has 19 heavy (non-hydrogen) atoms. The minimum atomic E-state index is -0.459. The van der Waals surface area contributed by atoms with E-state index < -0.39 is 5.60 Å². The van der Waals surface area contributed by atoms with Gasteiger partial charge in [0.15, 0.2) is 0 Å². The first-order valence-electron chi connectivity index (χ1n) is 6.58. The van der Waals surface area contributed by atoms with E-state index in [1.807, 2.05) is 32.9 Å². The number of ether oxygens (including phenoxy) is 1. The van der Waals surface area contributed by atoms with Gasteiger partial charge in [-0.2, -0.15) is 0 Å². The molecular formula is C15H20BrNO2. The number of amides is 1. The third-order valence-corrected chi connectivity index (χ3v) is 4.08. The number of halogens is 1. The summed E-state index contributed by atoms with van der Waals surface area (Å²) in [6.45, 7) is 8.48. The highest BCUT2D eigenvalue weighted by atomic mass is 79.9. The van der Waals surface area contributed by atoms with Crippen molar-refractivity contribution in [3.63, 3.8) is 0 Å². The second-order valence-electron chi connectivity index (χ2n) is 5.91. The molecule has 4 heteroatoms. The minimum absolute atomic E-state index is 0.254. The molecule has 1 aliphatic heterocycles. The van der Waals surface area contributed by atoms with Gasteiger partial charge in [-0.25, -0.2) is 4.79 Å². The Morgan fingerprint density at radius 3 is 2.68 bits per heavy atom. The summed E-state index contributed by atoms with van der Waals surface area (Å²) in [7, 11) is 0. The molecule has 0 aliphatic carbocycles. The molecule has 0 aromatic heterocycles. The van der Waals surface area contributed by atoms with Crippen molar-refractivity contribution in [2.45, 2.75) is 46.1 Å². The van der Waals surface area contributed by atoms with E-state index in [4.69, 9.17) is 4.74 Å². The Labute approximate surface area is 123 Å². The molecule has 1 heterocycles. The average Bonchev–Trinajstić information content (AvgIpc) is 2.31. The van der Waals surface area contributed by atoms with Crippen molar-refractivity contribution in [2.24, 2.45) is 0 Å². The largest absolute Gasteiger partial charge is 0.443 e. The predicted molar refractivity (Wildman–Crippen MR) is 80.8 cm³/mol. The first-order valence-corrected chi connectivity index (χ1v) is 7.37. The Balaban J connectivity index is 2.33. The Bertz CT molecular complexity index is 506. The molecule has 0 N–H and O–H groups in total. The summed E-state index contributed by atoms with van der Waals surface area (Å²) in [5.74, 6) is 0. The Kier molecular flexibility index (Phi) is 3.90. The van der Waals surface area contributed by atoms with E-state index in [1.165, 1.54) is 11.1 Å². The van der Waals surface area contributed by atoms with E-state index in [0.717, 1.165) is 29.5 Å². The van der Waals surface area contributed by atoms with Crippen molar-refractivity contribution in [3.05, 3.63) is 27.7 Å². The minimum Gasteiger partial charge on any atom is -0.443 e. The Hall–Kier alpha value is -1.03. The first kappa shape index (κ1) is 14.4. The highest BCUT2D eigenvalue weighted by Gasteiger charge is 2.28. The van der Waals surface area contributed by atoms with Crippen LogP contribution in [-0.2, 0) is 11.2 Å². The lowest BCUT2D eigenvalue weighted by molar-refractivity contribution is 0.0578. The van der Waals surface area contributed by atoms with Crippen LogP contribution >= 0.6 is 15.9 Å². The normalized spacial score (nSPS) is 15.1. The van der Waals surface area contributed by atoms with Gasteiger partial charge in [0, 0.05) is 11.0 Å². The topological polar surface area (TPSA) is 29.5 Å². The lowest BCUT2D eigenvalue weighted by Crippen LogP contribution is -2.40. The number of benzene rings is 1. The van der Waals surface area contributed by atoms with E-state index in [-0.39, 0.29) is 6.09 Å². The lowest BCUT2D eigenvalue weighted by atomic mass is 9.97. The van der Waals surface area contributed by atoms with E-state index in [1.54, 1.807) is 4.90 Å². The molecule has 0 spiro atoms. The van der Waals surface area contributed by atoms with Crippen LogP contribution in [-0.4, -0.2) is 18.2 Å². The van der Waals surface area contributed by atoms with Crippen LogP contribution < -0.4 is 4.90 Å².